The highest BCUT2D eigenvalue weighted by molar-refractivity contribution is 5.98. The Kier molecular flexibility index (Phi) is 4.00. The van der Waals surface area contributed by atoms with Gasteiger partial charge in [0.2, 0.25) is 0 Å². The topological polar surface area (TPSA) is 85.2 Å². The Balaban J connectivity index is 2.83. The number of anilines is 2. The Morgan fingerprint density at radius 2 is 2.11 bits per heavy atom. The van der Waals surface area contributed by atoms with E-state index < -0.39 is 18.5 Å². The molecule has 1 aromatic rings. The summed E-state index contributed by atoms with van der Waals surface area (Å²) in [5.41, 5.74) is 10.7. The first kappa shape index (κ1) is 14.1. The predicted molar refractivity (Wildman–Crippen MR) is 61.1 cm³/mol. The van der Waals surface area contributed by atoms with Crippen LogP contribution in [-0.2, 0) is 0 Å². The minimum Gasteiger partial charge on any atom is -0.397 e. The number of aromatic nitrogens is 1. The van der Waals surface area contributed by atoms with E-state index in [1.165, 1.54) is 24.2 Å². The molecular weight excluding hydrogens is 249 g/mol. The third-order valence-electron chi connectivity index (χ3n) is 2.31. The summed E-state index contributed by atoms with van der Waals surface area (Å²) in [6, 6.07) is 1.27. The van der Waals surface area contributed by atoms with Crippen molar-refractivity contribution in [2.45, 2.75) is 12.6 Å². The zero-order valence-corrected chi connectivity index (χ0v) is 9.66. The lowest BCUT2D eigenvalue weighted by Crippen LogP contribution is -2.25. The van der Waals surface area contributed by atoms with Crippen molar-refractivity contribution in [1.82, 2.24) is 4.98 Å². The monoisotopic (exact) mass is 262 g/mol. The van der Waals surface area contributed by atoms with Crippen molar-refractivity contribution in [2.24, 2.45) is 5.73 Å². The highest BCUT2D eigenvalue weighted by atomic mass is 19.4. The molecule has 0 aliphatic carbocycles. The summed E-state index contributed by atoms with van der Waals surface area (Å²) in [5.74, 6) is -0.539. The summed E-state index contributed by atoms with van der Waals surface area (Å²) in [4.78, 5) is 16.2. The van der Waals surface area contributed by atoms with Crippen molar-refractivity contribution in [3.8, 4) is 0 Å². The second kappa shape index (κ2) is 5.11. The number of carbonyl (C=O) groups excluding carboxylic acids is 1. The first-order valence-electron chi connectivity index (χ1n) is 5.04. The molecular formula is C10H13F3N4O. The van der Waals surface area contributed by atoms with Gasteiger partial charge in [-0.2, -0.15) is 13.2 Å². The fraction of sp³-hybridized carbons (Fsp3) is 0.400. The molecule has 0 unspecified atom stereocenters. The number of hydrogen-bond acceptors (Lipinski definition) is 4. The zero-order valence-electron chi connectivity index (χ0n) is 9.66. The van der Waals surface area contributed by atoms with Gasteiger partial charge in [-0.25, -0.2) is 4.98 Å². The first-order chi connectivity index (χ1) is 8.20. The number of rotatable bonds is 4. The van der Waals surface area contributed by atoms with E-state index in [-0.39, 0.29) is 23.6 Å². The van der Waals surface area contributed by atoms with E-state index in [1.807, 2.05) is 0 Å². The lowest BCUT2D eigenvalue weighted by molar-refractivity contribution is -0.132. The van der Waals surface area contributed by atoms with Gasteiger partial charge in [0.1, 0.15) is 5.82 Å². The van der Waals surface area contributed by atoms with Crippen molar-refractivity contribution >= 4 is 17.4 Å². The second-order valence-corrected chi connectivity index (χ2v) is 3.78. The number of hydrogen-bond donors (Lipinski definition) is 2. The van der Waals surface area contributed by atoms with E-state index in [0.717, 1.165) is 0 Å². The van der Waals surface area contributed by atoms with Gasteiger partial charge < -0.3 is 16.4 Å². The Morgan fingerprint density at radius 3 is 2.61 bits per heavy atom. The molecule has 0 atom stereocenters. The fourth-order valence-corrected chi connectivity index (χ4v) is 1.29. The van der Waals surface area contributed by atoms with Gasteiger partial charge in [0.15, 0.2) is 0 Å². The van der Waals surface area contributed by atoms with Crippen molar-refractivity contribution in [1.29, 1.82) is 0 Å². The van der Waals surface area contributed by atoms with E-state index >= 15 is 0 Å². The van der Waals surface area contributed by atoms with Gasteiger partial charge in [0.05, 0.1) is 23.9 Å². The van der Waals surface area contributed by atoms with Gasteiger partial charge in [-0.15, -0.1) is 0 Å². The number of primary amides is 1. The molecule has 1 rings (SSSR count). The second-order valence-electron chi connectivity index (χ2n) is 3.78. The number of amides is 1. The normalized spacial score (nSPS) is 11.3. The highest BCUT2D eigenvalue weighted by Gasteiger charge is 2.27. The zero-order chi connectivity index (χ0) is 13.9. The van der Waals surface area contributed by atoms with Crippen LogP contribution in [-0.4, -0.2) is 30.7 Å². The minimum atomic E-state index is -4.24. The standard InChI is InChI=1S/C10H13F3N4O/c1-17(3-2-10(11,12)13)8-4-6(9(15)18)7(14)5-16-8/h4-5H,2-3,14H2,1H3,(H2,15,18). The van der Waals surface area contributed by atoms with Crippen LogP contribution in [0.3, 0.4) is 0 Å². The number of halogens is 3. The van der Waals surface area contributed by atoms with E-state index in [1.54, 1.807) is 0 Å². The lowest BCUT2D eigenvalue weighted by atomic mass is 10.2. The molecule has 0 bridgehead atoms. The van der Waals surface area contributed by atoms with Crippen LogP contribution in [0.5, 0.6) is 0 Å². The van der Waals surface area contributed by atoms with Crippen LogP contribution in [0.2, 0.25) is 0 Å². The molecule has 0 saturated heterocycles. The van der Waals surface area contributed by atoms with E-state index in [2.05, 4.69) is 4.98 Å². The fourth-order valence-electron chi connectivity index (χ4n) is 1.29. The maximum Gasteiger partial charge on any atom is 0.390 e. The SMILES string of the molecule is CN(CCC(F)(F)F)c1cc(C(N)=O)c(N)cn1. The molecule has 18 heavy (non-hydrogen) atoms. The van der Waals surface area contributed by atoms with Gasteiger partial charge in [0, 0.05) is 13.6 Å². The third-order valence-corrected chi connectivity index (χ3v) is 2.31. The van der Waals surface area contributed by atoms with Crippen molar-refractivity contribution in [3.05, 3.63) is 17.8 Å². The summed E-state index contributed by atoms with van der Waals surface area (Å²) in [6.45, 7) is -0.265. The Morgan fingerprint density at radius 1 is 1.50 bits per heavy atom. The molecule has 0 aromatic carbocycles. The molecule has 0 spiro atoms. The average Bonchev–Trinajstić information content (AvgIpc) is 2.25. The molecule has 1 aromatic heterocycles. The van der Waals surface area contributed by atoms with Gasteiger partial charge in [-0.05, 0) is 6.07 Å². The van der Waals surface area contributed by atoms with Gasteiger partial charge in [0.25, 0.3) is 5.91 Å². The highest BCUT2D eigenvalue weighted by Crippen LogP contribution is 2.22. The Bertz CT molecular complexity index is 447. The summed E-state index contributed by atoms with van der Waals surface area (Å²) >= 11 is 0. The molecule has 0 aliphatic rings. The number of pyridine rings is 1. The van der Waals surface area contributed by atoms with Crippen LogP contribution in [0, 0.1) is 0 Å². The Hall–Kier alpha value is -1.99. The minimum absolute atomic E-state index is 0.0406. The van der Waals surface area contributed by atoms with E-state index in [4.69, 9.17) is 11.5 Å². The number of nitrogen functional groups attached to an aromatic ring is 1. The molecule has 0 radical (unpaired) electrons. The number of nitrogens with two attached hydrogens (primary N) is 2. The predicted octanol–water partition coefficient (Wildman–Crippen LogP) is 1.15. The first-order valence-corrected chi connectivity index (χ1v) is 5.04. The molecule has 5 nitrogen and oxygen atoms in total. The van der Waals surface area contributed by atoms with Crippen LogP contribution >= 0.6 is 0 Å². The van der Waals surface area contributed by atoms with Crippen molar-refractivity contribution in [3.63, 3.8) is 0 Å². The molecule has 0 fully saturated rings. The molecule has 1 heterocycles. The van der Waals surface area contributed by atoms with E-state index in [9.17, 15) is 18.0 Å². The lowest BCUT2D eigenvalue weighted by Gasteiger charge is -2.19. The number of nitrogens with zero attached hydrogens (tertiary/aromatic N) is 2. The van der Waals surface area contributed by atoms with Gasteiger partial charge in [-0.1, -0.05) is 0 Å². The molecule has 0 aliphatic heterocycles. The maximum absolute atomic E-state index is 12.1. The summed E-state index contributed by atoms with van der Waals surface area (Å²) in [7, 11) is 1.44. The van der Waals surface area contributed by atoms with Gasteiger partial charge >= 0.3 is 6.18 Å². The largest absolute Gasteiger partial charge is 0.397 e. The van der Waals surface area contributed by atoms with Crippen LogP contribution in [0.4, 0.5) is 24.7 Å². The molecule has 100 valence electrons. The van der Waals surface area contributed by atoms with Crippen molar-refractivity contribution < 1.29 is 18.0 Å². The van der Waals surface area contributed by atoms with Crippen molar-refractivity contribution in [2.75, 3.05) is 24.2 Å². The quantitative estimate of drug-likeness (QED) is 0.852. The van der Waals surface area contributed by atoms with Gasteiger partial charge in [-0.3, -0.25) is 4.79 Å². The van der Waals surface area contributed by atoms with Crippen LogP contribution in [0.1, 0.15) is 16.8 Å². The molecule has 1 amide bonds. The van der Waals surface area contributed by atoms with Crippen LogP contribution in [0.25, 0.3) is 0 Å². The molecule has 4 N–H and O–H groups in total. The van der Waals surface area contributed by atoms with E-state index in [0.29, 0.717) is 0 Å². The Labute approximate surface area is 102 Å². The summed E-state index contributed by atoms with van der Waals surface area (Å²) < 4.78 is 36.2. The molecule has 0 saturated carbocycles. The van der Waals surface area contributed by atoms with Crippen LogP contribution in [0.15, 0.2) is 12.3 Å². The molecule has 8 heteroatoms. The summed E-state index contributed by atoms with van der Waals surface area (Å²) in [6.07, 6.45) is -4.02. The van der Waals surface area contributed by atoms with Crippen LogP contribution < -0.4 is 16.4 Å². The number of carbonyl (C=O) groups is 1. The number of alkyl halides is 3. The maximum atomic E-state index is 12.1. The summed E-state index contributed by atoms with van der Waals surface area (Å²) in [5, 5.41) is 0. The smallest absolute Gasteiger partial charge is 0.390 e. The third kappa shape index (κ3) is 3.79. The average molecular weight is 262 g/mol.